The summed E-state index contributed by atoms with van der Waals surface area (Å²) in [4.78, 5) is 68.5. The zero-order valence-electron chi connectivity index (χ0n) is 24.9. The second-order valence-electron chi connectivity index (χ2n) is 12.5. The number of amides is 5. The van der Waals surface area contributed by atoms with Crippen molar-refractivity contribution >= 4 is 41.5 Å². The molecule has 4 aliphatic rings. The predicted octanol–water partition coefficient (Wildman–Crippen LogP) is 0.572. The number of primary amides is 1. The van der Waals surface area contributed by atoms with Gasteiger partial charge >= 0.3 is 0 Å². The second kappa shape index (κ2) is 12.3. The Balaban J connectivity index is 1.01. The molecule has 13 heteroatoms. The number of carbonyl (C=O) groups excluding carboxylic acids is 5. The number of nitrogens with zero attached hydrogens (tertiary/aromatic N) is 6. The van der Waals surface area contributed by atoms with Crippen molar-refractivity contribution in [3.63, 3.8) is 0 Å². The van der Waals surface area contributed by atoms with Crippen LogP contribution in [0.25, 0.3) is 0 Å². The Hall–Kier alpha value is -4.39. The maximum Gasteiger partial charge on any atom is 0.269 e. The number of piperidine rings is 2. The minimum Gasteiger partial charge on any atom is -0.371 e. The summed E-state index contributed by atoms with van der Waals surface area (Å²) in [5, 5.41) is 10.4. The highest BCUT2D eigenvalue weighted by Crippen LogP contribution is 2.35. The Morgan fingerprint density at radius 1 is 1.00 bits per heavy atom. The molecule has 6 rings (SSSR count). The third kappa shape index (κ3) is 6.01. The monoisotopic (exact) mass is 602 g/mol. The zero-order valence-corrected chi connectivity index (χ0v) is 24.9. The molecule has 44 heavy (non-hydrogen) atoms. The van der Waals surface area contributed by atoms with Gasteiger partial charge < -0.3 is 20.4 Å². The number of carbonyl (C=O) groups is 5. The smallest absolute Gasteiger partial charge is 0.269 e. The molecule has 4 fully saturated rings. The molecule has 4 saturated heterocycles. The normalized spacial score (nSPS) is 24.2. The minimum atomic E-state index is -0.992. The number of likely N-dealkylation sites (tertiary alicyclic amines) is 1. The predicted molar refractivity (Wildman–Crippen MR) is 161 cm³/mol. The molecule has 0 saturated carbocycles. The maximum atomic E-state index is 13.4. The van der Waals surface area contributed by atoms with Crippen LogP contribution in [-0.2, 0) is 14.4 Å². The van der Waals surface area contributed by atoms with Crippen molar-refractivity contribution in [2.45, 2.75) is 38.6 Å². The molecular formula is C31H38N8O5. The summed E-state index contributed by atoms with van der Waals surface area (Å²) in [5.74, 6) is 0.433. The number of aryl methyl sites for hydroxylation is 1. The van der Waals surface area contributed by atoms with Crippen molar-refractivity contribution in [3.05, 3.63) is 47.2 Å². The Kier molecular flexibility index (Phi) is 8.30. The molecular weight excluding hydrogens is 564 g/mol. The Labute approximate surface area is 255 Å². The van der Waals surface area contributed by atoms with Crippen LogP contribution in [0.4, 0.5) is 11.5 Å². The first-order valence-corrected chi connectivity index (χ1v) is 15.3. The van der Waals surface area contributed by atoms with Gasteiger partial charge in [0.05, 0.1) is 0 Å². The fourth-order valence-electron chi connectivity index (χ4n) is 7.18. The van der Waals surface area contributed by atoms with E-state index in [2.05, 4.69) is 30.2 Å². The molecule has 4 aliphatic heterocycles. The number of imide groups is 2. The Bertz CT molecular complexity index is 1440. The largest absolute Gasteiger partial charge is 0.371 e. The van der Waals surface area contributed by atoms with Gasteiger partial charge in [-0.2, -0.15) is 0 Å². The van der Waals surface area contributed by atoms with Gasteiger partial charge in [0.2, 0.25) is 18.2 Å². The molecule has 232 valence electrons. The SMILES string of the molecule is Cc1ccc(N2CCC(CN3CC4CN(c5ccc(C(N)=O)nn5)CC4C3)CC2)cc1C(=O)N(C=O)C1CCC(=O)NC1=O. The molecule has 3 atom stereocenters. The van der Waals surface area contributed by atoms with Gasteiger partial charge in [0.15, 0.2) is 11.5 Å². The number of anilines is 2. The summed E-state index contributed by atoms with van der Waals surface area (Å²) in [6.07, 6.45) is 2.70. The molecule has 0 radical (unpaired) electrons. The van der Waals surface area contributed by atoms with Gasteiger partial charge in [-0.1, -0.05) is 6.07 Å². The lowest BCUT2D eigenvalue weighted by atomic mass is 9.95. The van der Waals surface area contributed by atoms with Gasteiger partial charge in [0, 0.05) is 63.5 Å². The number of rotatable bonds is 8. The van der Waals surface area contributed by atoms with Crippen molar-refractivity contribution < 1.29 is 24.0 Å². The molecule has 5 amide bonds. The van der Waals surface area contributed by atoms with E-state index in [1.165, 1.54) is 0 Å². The van der Waals surface area contributed by atoms with E-state index in [4.69, 9.17) is 5.73 Å². The summed E-state index contributed by atoms with van der Waals surface area (Å²) < 4.78 is 0. The average Bonchev–Trinajstić information content (AvgIpc) is 3.58. The highest BCUT2D eigenvalue weighted by atomic mass is 16.2. The molecule has 0 spiro atoms. The van der Waals surface area contributed by atoms with Crippen LogP contribution >= 0.6 is 0 Å². The zero-order chi connectivity index (χ0) is 31.0. The summed E-state index contributed by atoms with van der Waals surface area (Å²) >= 11 is 0. The van der Waals surface area contributed by atoms with Crippen molar-refractivity contribution in [1.29, 1.82) is 0 Å². The number of benzene rings is 1. The topological polar surface area (TPSA) is 162 Å². The highest BCUT2D eigenvalue weighted by molar-refractivity contribution is 6.07. The van der Waals surface area contributed by atoms with Crippen molar-refractivity contribution in [3.8, 4) is 0 Å². The number of hydrogen-bond acceptors (Lipinski definition) is 10. The highest BCUT2D eigenvalue weighted by Gasteiger charge is 2.41. The van der Waals surface area contributed by atoms with E-state index >= 15 is 0 Å². The summed E-state index contributed by atoms with van der Waals surface area (Å²) in [7, 11) is 0. The van der Waals surface area contributed by atoms with E-state index in [1.807, 2.05) is 31.2 Å². The van der Waals surface area contributed by atoms with Gasteiger partial charge in [-0.3, -0.25) is 34.2 Å². The number of aromatic nitrogens is 2. The molecule has 2 aromatic rings. The molecule has 3 unspecified atom stereocenters. The van der Waals surface area contributed by atoms with Crippen LogP contribution < -0.4 is 20.9 Å². The number of hydrogen-bond donors (Lipinski definition) is 2. The molecule has 13 nitrogen and oxygen atoms in total. The molecule has 0 bridgehead atoms. The van der Waals surface area contributed by atoms with E-state index in [0.717, 1.165) is 80.6 Å². The van der Waals surface area contributed by atoms with Crippen LogP contribution in [0.15, 0.2) is 30.3 Å². The summed E-state index contributed by atoms with van der Waals surface area (Å²) in [6, 6.07) is 8.17. The first kappa shape index (κ1) is 29.7. The van der Waals surface area contributed by atoms with Crippen LogP contribution in [0.1, 0.15) is 52.1 Å². The van der Waals surface area contributed by atoms with Gasteiger partial charge in [-0.25, -0.2) is 0 Å². The van der Waals surface area contributed by atoms with Crippen LogP contribution in [0, 0.1) is 24.7 Å². The lowest BCUT2D eigenvalue weighted by Crippen LogP contribution is -2.54. The third-order valence-corrected chi connectivity index (χ3v) is 9.63. The van der Waals surface area contributed by atoms with Crippen LogP contribution in [0.3, 0.4) is 0 Å². The number of fused-ring (bicyclic) bond motifs is 1. The molecule has 1 aromatic heterocycles. The van der Waals surface area contributed by atoms with Crippen LogP contribution in [0.5, 0.6) is 0 Å². The molecule has 3 N–H and O–H groups in total. The quantitative estimate of drug-likeness (QED) is 0.323. The summed E-state index contributed by atoms with van der Waals surface area (Å²) in [6.45, 7) is 8.64. The maximum absolute atomic E-state index is 13.4. The summed E-state index contributed by atoms with van der Waals surface area (Å²) in [5.41, 5.74) is 7.49. The lowest BCUT2D eigenvalue weighted by molar-refractivity contribution is -0.139. The standard InChI is InChI=1S/C31H38N8O5/c1-19-2-3-23(12-24(19)31(44)39(18-40)26-5-7-28(41)33-30(26)43)37-10-8-20(9-11-37)13-36-14-21-16-38(17-22(21)15-36)27-6-4-25(29(32)42)34-35-27/h2-4,6,12,18,20-22,26H,5,7-11,13-17H2,1H3,(H2,32,42)(H,33,41,43). The van der Waals surface area contributed by atoms with Gasteiger partial charge in [-0.05, 0) is 73.8 Å². The molecule has 0 aliphatic carbocycles. The van der Waals surface area contributed by atoms with Gasteiger partial charge in [0.1, 0.15) is 6.04 Å². The number of nitrogens with one attached hydrogen (secondary N) is 1. The van der Waals surface area contributed by atoms with E-state index in [9.17, 15) is 24.0 Å². The first-order valence-electron chi connectivity index (χ1n) is 15.3. The average molecular weight is 603 g/mol. The Morgan fingerprint density at radius 3 is 2.34 bits per heavy atom. The fraction of sp³-hybridized carbons (Fsp3) is 0.516. The van der Waals surface area contributed by atoms with Crippen molar-refractivity contribution in [2.75, 3.05) is 55.6 Å². The van der Waals surface area contributed by atoms with Crippen LogP contribution in [-0.4, -0.2) is 102 Å². The third-order valence-electron chi connectivity index (χ3n) is 9.63. The van der Waals surface area contributed by atoms with E-state index in [-0.39, 0.29) is 18.5 Å². The lowest BCUT2D eigenvalue weighted by Gasteiger charge is -2.36. The van der Waals surface area contributed by atoms with Crippen LogP contribution in [0.2, 0.25) is 0 Å². The van der Waals surface area contributed by atoms with E-state index in [0.29, 0.717) is 29.7 Å². The molecule has 5 heterocycles. The first-order chi connectivity index (χ1) is 21.2. The van der Waals surface area contributed by atoms with Gasteiger partial charge in [-0.15, -0.1) is 10.2 Å². The van der Waals surface area contributed by atoms with E-state index < -0.39 is 29.7 Å². The Morgan fingerprint density at radius 2 is 1.73 bits per heavy atom. The second-order valence-corrected chi connectivity index (χ2v) is 12.5. The fourth-order valence-corrected chi connectivity index (χ4v) is 7.18. The van der Waals surface area contributed by atoms with Gasteiger partial charge in [0.25, 0.3) is 11.8 Å². The van der Waals surface area contributed by atoms with Crippen molar-refractivity contribution in [1.82, 2.24) is 25.3 Å². The number of nitrogens with two attached hydrogens (primary N) is 1. The minimum absolute atomic E-state index is 0.0858. The van der Waals surface area contributed by atoms with Crippen molar-refractivity contribution in [2.24, 2.45) is 23.5 Å². The van der Waals surface area contributed by atoms with E-state index in [1.54, 1.807) is 6.07 Å². The molecule has 1 aromatic carbocycles.